The van der Waals surface area contributed by atoms with Crippen molar-refractivity contribution in [1.29, 1.82) is 0 Å². The van der Waals surface area contributed by atoms with Crippen LogP contribution < -0.4 is 10.6 Å². The number of aromatic hydroxyl groups is 1. The number of likely N-dealkylation sites (N-methyl/N-ethyl adjacent to an activating group) is 1. The van der Waals surface area contributed by atoms with Crippen LogP contribution in [0.1, 0.15) is 12.0 Å². The SMILES string of the molecule is CN1C(=O)C2(CC2CN)c2ccc(O)cc21. The van der Waals surface area contributed by atoms with E-state index in [-0.39, 0.29) is 23.0 Å². The Labute approximate surface area is 93.7 Å². The maximum Gasteiger partial charge on any atom is 0.237 e. The van der Waals surface area contributed by atoms with Gasteiger partial charge < -0.3 is 15.7 Å². The second kappa shape index (κ2) is 2.77. The quantitative estimate of drug-likeness (QED) is 0.724. The molecular formula is C12H14N2O2. The molecule has 2 aliphatic rings. The third-order valence-electron chi connectivity index (χ3n) is 3.90. The van der Waals surface area contributed by atoms with Crippen molar-refractivity contribution in [2.24, 2.45) is 11.7 Å². The summed E-state index contributed by atoms with van der Waals surface area (Å²) in [6.07, 6.45) is 0.838. The Morgan fingerprint density at radius 2 is 2.38 bits per heavy atom. The van der Waals surface area contributed by atoms with Crippen LogP contribution in [0.25, 0.3) is 0 Å². The van der Waals surface area contributed by atoms with Gasteiger partial charge in [0, 0.05) is 13.1 Å². The highest BCUT2D eigenvalue weighted by Crippen LogP contribution is 2.61. The van der Waals surface area contributed by atoms with Crippen molar-refractivity contribution < 1.29 is 9.90 Å². The van der Waals surface area contributed by atoms with Gasteiger partial charge in [-0.3, -0.25) is 4.79 Å². The zero-order chi connectivity index (χ0) is 11.5. The van der Waals surface area contributed by atoms with Crippen LogP contribution in [-0.2, 0) is 10.2 Å². The van der Waals surface area contributed by atoms with E-state index in [4.69, 9.17) is 5.73 Å². The smallest absolute Gasteiger partial charge is 0.237 e. The molecule has 2 atom stereocenters. The third-order valence-corrected chi connectivity index (χ3v) is 3.90. The van der Waals surface area contributed by atoms with E-state index >= 15 is 0 Å². The molecule has 3 rings (SSSR count). The lowest BCUT2D eigenvalue weighted by molar-refractivity contribution is -0.120. The Morgan fingerprint density at radius 3 is 3.00 bits per heavy atom. The van der Waals surface area contributed by atoms with E-state index in [0.717, 1.165) is 17.7 Å². The van der Waals surface area contributed by atoms with Gasteiger partial charge in [0.15, 0.2) is 0 Å². The molecular weight excluding hydrogens is 204 g/mol. The van der Waals surface area contributed by atoms with Crippen LogP contribution in [-0.4, -0.2) is 24.6 Å². The van der Waals surface area contributed by atoms with Gasteiger partial charge >= 0.3 is 0 Å². The first-order valence-electron chi connectivity index (χ1n) is 5.43. The van der Waals surface area contributed by atoms with Gasteiger partial charge in [-0.25, -0.2) is 0 Å². The van der Waals surface area contributed by atoms with Crippen LogP contribution in [0, 0.1) is 5.92 Å². The average molecular weight is 218 g/mol. The largest absolute Gasteiger partial charge is 0.508 e. The van der Waals surface area contributed by atoms with Crippen LogP contribution in [0.15, 0.2) is 18.2 Å². The van der Waals surface area contributed by atoms with Crippen molar-refractivity contribution in [3.8, 4) is 5.75 Å². The first-order chi connectivity index (χ1) is 7.61. The second-order valence-corrected chi connectivity index (χ2v) is 4.67. The predicted octanol–water partition coefficient (Wildman–Crippen LogP) is 0.585. The first-order valence-corrected chi connectivity index (χ1v) is 5.43. The summed E-state index contributed by atoms with van der Waals surface area (Å²) in [4.78, 5) is 13.8. The van der Waals surface area contributed by atoms with E-state index < -0.39 is 0 Å². The van der Waals surface area contributed by atoms with E-state index in [9.17, 15) is 9.90 Å². The zero-order valence-corrected chi connectivity index (χ0v) is 9.10. The molecule has 0 aromatic heterocycles. The number of hydrogen-bond acceptors (Lipinski definition) is 3. The van der Waals surface area contributed by atoms with E-state index in [0.29, 0.717) is 6.54 Å². The Morgan fingerprint density at radius 1 is 1.62 bits per heavy atom. The fraction of sp³-hybridized carbons (Fsp3) is 0.417. The van der Waals surface area contributed by atoms with E-state index in [1.54, 1.807) is 24.1 Å². The lowest BCUT2D eigenvalue weighted by Gasteiger charge is -2.10. The molecule has 1 fully saturated rings. The van der Waals surface area contributed by atoms with Gasteiger partial charge in [-0.05, 0) is 30.5 Å². The van der Waals surface area contributed by atoms with Crippen molar-refractivity contribution in [2.75, 3.05) is 18.5 Å². The summed E-state index contributed by atoms with van der Waals surface area (Å²) in [5.41, 5.74) is 7.12. The first kappa shape index (κ1) is 9.66. The molecule has 3 N–H and O–H groups in total. The topological polar surface area (TPSA) is 66.6 Å². The normalized spacial score (nSPS) is 31.0. The fourth-order valence-electron chi connectivity index (χ4n) is 2.90. The highest BCUT2D eigenvalue weighted by molar-refractivity contribution is 6.10. The van der Waals surface area contributed by atoms with Crippen LogP contribution >= 0.6 is 0 Å². The lowest BCUT2D eigenvalue weighted by atomic mass is 9.95. The molecule has 4 heteroatoms. The number of amides is 1. The number of carbonyl (C=O) groups excluding carboxylic acids is 1. The highest BCUT2D eigenvalue weighted by atomic mass is 16.3. The van der Waals surface area contributed by atoms with Crippen LogP contribution in [0.3, 0.4) is 0 Å². The second-order valence-electron chi connectivity index (χ2n) is 4.67. The van der Waals surface area contributed by atoms with Gasteiger partial charge in [0.25, 0.3) is 0 Å². The molecule has 1 heterocycles. The monoisotopic (exact) mass is 218 g/mol. The Bertz CT molecular complexity index is 486. The van der Waals surface area contributed by atoms with Gasteiger partial charge in [0.2, 0.25) is 5.91 Å². The maximum absolute atomic E-state index is 12.2. The molecule has 0 saturated heterocycles. The van der Waals surface area contributed by atoms with E-state index in [2.05, 4.69) is 0 Å². The van der Waals surface area contributed by atoms with Crippen molar-refractivity contribution in [1.82, 2.24) is 0 Å². The van der Waals surface area contributed by atoms with Crippen molar-refractivity contribution in [3.05, 3.63) is 23.8 Å². The van der Waals surface area contributed by atoms with Crippen molar-refractivity contribution >= 4 is 11.6 Å². The molecule has 84 valence electrons. The number of rotatable bonds is 1. The molecule has 1 aliphatic carbocycles. The highest BCUT2D eigenvalue weighted by Gasteiger charge is 2.65. The fourth-order valence-corrected chi connectivity index (χ4v) is 2.90. The van der Waals surface area contributed by atoms with Crippen molar-refractivity contribution in [3.63, 3.8) is 0 Å². The number of phenolic OH excluding ortho intramolecular Hbond substituents is 1. The Hall–Kier alpha value is -1.55. The molecule has 4 nitrogen and oxygen atoms in total. The summed E-state index contributed by atoms with van der Waals surface area (Å²) >= 11 is 0. The number of nitrogens with zero attached hydrogens (tertiary/aromatic N) is 1. The van der Waals surface area contributed by atoms with Crippen LogP contribution in [0.2, 0.25) is 0 Å². The number of hydrogen-bond donors (Lipinski definition) is 2. The van der Waals surface area contributed by atoms with Crippen LogP contribution in [0.5, 0.6) is 5.75 Å². The minimum Gasteiger partial charge on any atom is -0.508 e. The molecule has 1 amide bonds. The number of nitrogens with two attached hydrogens (primary N) is 1. The van der Waals surface area contributed by atoms with E-state index in [1.807, 2.05) is 6.07 Å². The number of phenols is 1. The van der Waals surface area contributed by atoms with Gasteiger partial charge in [0.05, 0.1) is 11.1 Å². The van der Waals surface area contributed by atoms with Crippen molar-refractivity contribution in [2.45, 2.75) is 11.8 Å². The molecule has 1 aliphatic heterocycles. The zero-order valence-electron chi connectivity index (χ0n) is 9.10. The number of fused-ring (bicyclic) bond motifs is 2. The molecule has 1 saturated carbocycles. The molecule has 0 radical (unpaired) electrons. The van der Waals surface area contributed by atoms with E-state index in [1.165, 1.54) is 0 Å². The van der Waals surface area contributed by atoms with Gasteiger partial charge in [-0.1, -0.05) is 6.07 Å². The number of anilines is 1. The molecule has 2 unspecified atom stereocenters. The minimum absolute atomic E-state index is 0.114. The lowest BCUT2D eigenvalue weighted by Crippen LogP contribution is -2.30. The summed E-state index contributed by atoms with van der Waals surface area (Å²) in [6.45, 7) is 0.542. The summed E-state index contributed by atoms with van der Waals surface area (Å²) in [5, 5.41) is 9.45. The summed E-state index contributed by atoms with van der Waals surface area (Å²) < 4.78 is 0. The van der Waals surface area contributed by atoms with Gasteiger partial charge in [-0.2, -0.15) is 0 Å². The maximum atomic E-state index is 12.2. The van der Waals surface area contributed by atoms with Gasteiger partial charge in [0.1, 0.15) is 5.75 Å². The van der Waals surface area contributed by atoms with Gasteiger partial charge in [-0.15, -0.1) is 0 Å². The minimum atomic E-state index is -0.382. The number of benzene rings is 1. The predicted molar refractivity (Wildman–Crippen MR) is 60.4 cm³/mol. The average Bonchev–Trinajstić information content (AvgIpc) is 2.98. The molecule has 1 aromatic carbocycles. The molecule has 1 spiro atoms. The summed E-state index contributed by atoms with van der Waals surface area (Å²) in [6, 6.07) is 5.13. The molecule has 0 bridgehead atoms. The molecule has 1 aromatic rings. The molecule has 16 heavy (non-hydrogen) atoms. The Balaban J connectivity index is 2.17. The number of carbonyl (C=O) groups is 1. The summed E-state index contributed by atoms with van der Waals surface area (Å²) in [5.74, 6) is 0.567. The standard InChI is InChI=1S/C12H14N2O2/c1-14-10-4-8(15)2-3-9(10)12(11(14)16)5-7(12)6-13/h2-4,7,15H,5-6,13H2,1H3. The summed E-state index contributed by atoms with van der Waals surface area (Å²) in [7, 11) is 1.75. The van der Waals surface area contributed by atoms with Crippen LogP contribution in [0.4, 0.5) is 5.69 Å². The Kier molecular flexibility index (Phi) is 1.67. The third kappa shape index (κ3) is 0.906.